The Morgan fingerprint density at radius 1 is 1.12 bits per heavy atom. The van der Waals surface area contributed by atoms with E-state index in [1.807, 2.05) is 24.3 Å². The van der Waals surface area contributed by atoms with Gasteiger partial charge in [-0.15, -0.1) is 0 Å². The molecule has 2 amide bonds. The van der Waals surface area contributed by atoms with E-state index < -0.39 is 24.0 Å². The van der Waals surface area contributed by atoms with E-state index >= 15 is 0 Å². The number of carbonyl (C=O) groups excluding carboxylic acids is 2. The van der Waals surface area contributed by atoms with Crippen molar-refractivity contribution < 1.29 is 29.0 Å². The van der Waals surface area contributed by atoms with Crippen molar-refractivity contribution in [3.05, 3.63) is 59.7 Å². The number of hydrogen-bond acceptors (Lipinski definition) is 5. The SMILES string of the molecule is CCC(C(=O)O)N(C)C(=O)C1COC(CNC(=O)OCC2c3ccccc3-c3ccccc32)C1. The largest absolute Gasteiger partial charge is 0.480 e. The Kier molecular flexibility index (Phi) is 7.17. The van der Waals surface area contributed by atoms with Crippen LogP contribution in [0.15, 0.2) is 48.5 Å². The van der Waals surface area contributed by atoms with E-state index in [2.05, 4.69) is 29.6 Å². The van der Waals surface area contributed by atoms with Gasteiger partial charge in [0.2, 0.25) is 5.91 Å². The lowest BCUT2D eigenvalue weighted by Gasteiger charge is -2.26. The summed E-state index contributed by atoms with van der Waals surface area (Å²) in [5, 5.41) is 12.0. The lowest BCUT2D eigenvalue weighted by atomic mass is 9.98. The highest BCUT2D eigenvalue weighted by atomic mass is 16.5. The van der Waals surface area contributed by atoms with Gasteiger partial charge >= 0.3 is 12.1 Å². The third-order valence-corrected chi connectivity index (χ3v) is 6.73. The molecule has 1 aliphatic carbocycles. The third kappa shape index (κ3) is 4.77. The fourth-order valence-electron chi connectivity index (χ4n) is 4.92. The van der Waals surface area contributed by atoms with Crippen molar-refractivity contribution >= 4 is 18.0 Å². The summed E-state index contributed by atoms with van der Waals surface area (Å²) in [4.78, 5) is 37.6. The summed E-state index contributed by atoms with van der Waals surface area (Å²) in [6, 6.07) is 15.4. The first kappa shape index (κ1) is 23.8. The number of carboxylic acid groups (broad SMARTS) is 1. The minimum absolute atomic E-state index is 0.0147. The normalized spacial score (nSPS) is 19.7. The van der Waals surface area contributed by atoms with Crippen LogP contribution in [-0.4, -0.2) is 66.9 Å². The Morgan fingerprint density at radius 3 is 2.32 bits per heavy atom. The van der Waals surface area contributed by atoms with E-state index in [0.29, 0.717) is 12.8 Å². The number of carboxylic acids is 1. The van der Waals surface area contributed by atoms with Gasteiger partial charge in [-0.2, -0.15) is 0 Å². The van der Waals surface area contributed by atoms with E-state index in [9.17, 15) is 19.5 Å². The quantitative estimate of drug-likeness (QED) is 0.619. The number of amides is 2. The maximum Gasteiger partial charge on any atom is 0.407 e. The Bertz CT molecular complexity index is 1030. The predicted octanol–water partition coefficient (Wildman–Crippen LogP) is 3.25. The van der Waals surface area contributed by atoms with Gasteiger partial charge in [-0.05, 0) is 35.1 Å². The number of ether oxygens (including phenoxy) is 2. The van der Waals surface area contributed by atoms with Crippen LogP contribution in [0.3, 0.4) is 0 Å². The maximum atomic E-state index is 12.7. The second-order valence-electron chi connectivity index (χ2n) is 8.81. The number of nitrogens with zero attached hydrogens (tertiary/aromatic N) is 1. The number of likely N-dealkylation sites (N-methyl/N-ethyl adjacent to an activating group) is 1. The average molecular weight is 467 g/mol. The number of fused-ring (bicyclic) bond motifs is 3. The summed E-state index contributed by atoms with van der Waals surface area (Å²) in [5.41, 5.74) is 4.63. The minimum atomic E-state index is -1.02. The zero-order valence-corrected chi connectivity index (χ0v) is 19.4. The van der Waals surface area contributed by atoms with E-state index in [-0.39, 0.29) is 37.7 Å². The van der Waals surface area contributed by atoms with E-state index in [0.717, 1.165) is 11.1 Å². The van der Waals surface area contributed by atoms with Crippen molar-refractivity contribution in [1.29, 1.82) is 0 Å². The fourth-order valence-corrected chi connectivity index (χ4v) is 4.92. The molecule has 0 spiro atoms. The van der Waals surface area contributed by atoms with Crippen molar-refractivity contribution in [3.8, 4) is 11.1 Å². The second kappa shape index (κ2) is 10.3. The van der Waals surface area contributed by atoms with Crippen molar-refractivity contribution in [3.63, 3.8) is 0 Å². The first-order valence-electron chi connectivity index (χ1n) is 11.6. The Labute approximate surface area is 198 Å². The van der Waals surface area contributed by atoms with Gasteiger partial charge in [-0.1, -0.05) is 55.5 Å². The summed E-state index contributed by atoms with van der Waals surface area (Å²) in [5.74, 6) is -1.71. The first-order chi connectivity index (χ1) is 16.4. The molecule has 2 aromatic rings. The summed E-state index contributed by atoms with van der Waals surface area (Å²) in [7, 11) is 1.51. The molecule has 2 aliphatic rings. The lowest BCUT2D eigenvalue weighted by Crippen LogP contribution is -2.45. The van der Waals surface area contributed by atoms with Crippen LogP contribution in [-0.2, 0) is 19.1 Å². The number of carbonyl (C=O) groups is 3. The van der Waals surface area contributed by atoms with Gasteiger partial charge in [0.1, 0.15) is 12.6 Å². The molecule has 1 aliphatic heterocycles. The molecule has 2 N–H and O–H groups in total. The molecular weight excluding hydrogens is 436 g/mol. The smallest absolute Gasteiger partial charge is 0.407 e. The van der Waals surface area contributed by atoms with Crippen molar-refractivity contribution in [2.45, 2.75) is 37.8 Å². The molecule has 1 heterocycles. The molecule has 1 saturated heterocycles. The molecule has 8 heteroatoms. The molecular formula is C26H30N2O6. The third-order valence-electron chi connectivity index (χ3n) is 6.73. The van der Waals surface area contributed by atoms with Gasteiger partial charge in [0.05, 0.1) is 18.6 Å². The van der Waals surface area contributed by atoms with E-state index in [1.165, 1.54) is 23.1 Å². The van der Waals surface area contributed by atoms with Crippen LogP contribution < -0.4 is 5.32 Å². The number of rotatable bonds is 8. The van der Waals surface area contributed by atoms with E-state index in [4.69, 9.17) is 9.47 Å². The first-order valence-corrected chi connectivity index (χ1v) is 11.6. The fraction of sp³-hybridized carbons (Fsp3) is 0.423. The second-order valence-corrected chi connectivity index (χ2v) is 8.81. The summed E-state index contributed by atoms with van der Waals surface area (Å²) >= 11 is 0. The Hall–Kier alpha value is -3.39. The molecule has 0 bridgehead atoms. The highest BCUT2D eigenvalue weighted by Gasteiger charge is 2.36. The van der Waals surface area contributed by atoms with Gasteiger partial charge in [-0.3, -0.25) is 4.79 Å². The maximum absolute atomic E-state index is 12.7. The molecule has 3 unspecified atom stereocenters. The van der Waals surface area contributed by atoms with Crippen LogP contribution in [0.25, 0.3) is 11.1 Å². The number of aliphatic carboxylic acids is 1. The molecule has 4 rings (SSSR count). The van der Waals surface area contributed by atoms with Crippen LogP contribution in [0.2, 0.25) is 0 Å². The molecule has 0 radical (unpaired) electrons. The molecule has 0 saturated carbocycles. The molecule has 0 aromatic heterocycles. The van der Waals surface area contributed by atoms with E-state index in [1.54, 1.807) is 6.92 Å². The molecule has 8 nitrogen and oxygen atoms in total. The number of alkyl carbamates (subject to hydrolysis) is 1. The zero-order valence-electron chi connectivity index (χ0n) is 19.4. The van der Waals surface area contributed by atoms with Crippen LogP contribution in [0.5, 0.6) is 0 Å². The molecule has 34 heavy (non-hydrogen) atoms. The lowest BCUT2D eigenvalue weighted by molar-refractivity contribution is -0.150. The Morgan fingerprint density at radius 2 is 1.74 bits per heavy atom. The number of nitrogens with one attached hydrogen (secondary N) is 1. The highest BCUT2D eigenvalue weighted by Crippen LogP contribution is 2.44. The number of hydrogen-bond donors (Lipinski definition) is 2. The van der Waals surface area contributed by atoms with Gasteiger partial charge in [0, 0.05) is 19.5 Å². The standard InChI is InChI=1S/C26H30N2O6/c1-3-23(25(30)31)28(2)24(29)16-12-17(33-14-16)13-27-26(32)34-15-22-20-10-6-4-8-18(20)19-9-5-7-11-21(19)22/h4-11,16-17,22-23H,3,12-15H2,1-2H3,(H,27,32)(H,30,31). The summed E-state index contributed by atoms with van der Waals surface area (Å²) < 4.78 is 11.2. The summed E-state index contributed by atoms with van der Waals surface area (Å²) in [6.45, 7) is 2.39. The van der Waals surface area contributed by atoms with Crippen molar-refractivity contribution in [2.24, 2.45) is 5.92 Å². The molecule has 1 fully saturated rings. The topological polar surface area (TPSA) is 105 Å². The predicted molar refractivity (Wildman–Crippen MR) is 125 cm³/mol. The zero-order chi connectivity index (χ0) is 24.2. The van der Waals surface area contributed by atoms with Gasteiger partial charge in [0.25, 0.3) is 0 Å². The molecule has 2 aromatic carbocycles. The van der Waals surface area contributed by atoms with Crippen LogP contribution >= 0.6 is 0 Å². The van der Waals surface area contributed by atoms with Crippen molar-refractivity contribution in [2.75, 3.05) is 26.8 Å². The van der Waals surface area contributed by atoms with Crippen molar-refractivity contribution in [1.82, 2.24) is 10.2 Å². The van der Waals surface area contributed by atoms with Crippen LogP contribution in [0.1, 0.15) is 36.8 Å². The minimum Gasteiger partial charge on any atom is -0.480 e. The van der Waals surface area contributed by atoms with Crippen LogP contribution in [0.4, 0.5) is 4.79 Å². The monoisotopic (exact) mass is 466 g/mol. The summed E-state index contributed by atoms with van der Waals surface area (Å²) in [6.07, 6.45) is -0.108. The Balaban J connectivity index is 1.26. The van der Waals surface area contributed by atoms with Gasteiger partial charge < -0.3 is 24.8 Å². The highest BCUT2D eigenvalue weighted by molar-refractivity contribution is 5.85. The molecule has 3 atom stereocenters. The average Bonchev–Trinajstić information content (AvgIpc) is 3.44. The van der Waals surface area contributed by atoms with Gasteiger partial charge in [-0.25, -0.2) is 9.59 Å². The number of benzene rings is 2. The van der Waals surface area contributed by atoms with Crippen LogP contribution in [0, 0.1) is 5.92 Å². The molecule has 180 valence electrons. The van der Waals surface area contributed by atoms with Gasteiger partial charge in [0.15, 0.2) is 0 Å².